The van der Waals surface area contributed by atoms with Crippen molar-refractivity contribution in [2.24, 2.45) is 11.8 Å². The molecule has 7 atom stereocenters. The Balaban J connectivity index is 2.29. The number of rotatable bonds is 18. The van der Waals surface area contributed by atoms with Crippen LogP contribution in [-0.4, -0.2) is 80.0 Å². The zero-order valence-electron chi connectivity index (χ0n) is 31.1. The first kappa shape index (κ1) is 42.6. The van der Waals surface area contributed by atoms with E-state index in [1.807, 2.05) is 19.9 Å². The molecule has 2 aliphatic rings. The molecule has 280 valence electrons. The molecule has 0 aliphatic carbocycles. The number of aliphatic hydroxyl groups excluding tert-OH is 1. The summed E-state index contributed by atoms with van der Waals surface area (Å²) in [5.41, 5.74) is 0.700. The highest BCUT2D eigenvalue weighted by atomic mass is 16.7. The average molecular weight is 703 g/mol. The summed E-state index contributed by atoms with van der Waals surface area (Å²) < 4.78 is 33.9. The fourth-order valence-electron chi connectivity index (χ4n) is 6.06. The summed E-state index contributed by atoms with van der Waals surface area (Å²) >= 11 is 0. The lowest BCUT2D eigenvalue weighted by Crippen LogP contribution is -2.50. The maximum atomic E-state index is 13.0. The number of carbonyl (C=O) groups excluding carboxylic acids is 4. The molecule has 0 aromatic heterocycles. The van der Waals surface area contributed by atoms with Gasteiger partial charge in [0.15, 0.2) is 5.79 Å². The molecule has 0 aromatic rings. The van der Waals surface area contributed by atoms with Crippen LogP contribution in [-0.2, 0) is 47.6 Å². The summed E-state index contributed by atoms with van der Waals surface area (Å²) in [6.07, 6.45) is 17.2. The first-order valence-corrected chi connectivity index (χ1v) is 17.6. The minimum absolute atomic E-state index is 0.102. The van der Waals surface area contributed by atoms with Gasteiger partial charge in [0.25, 0.3) is 0 Å². The molecule has 2 aliphatic heterocycles. The summed E-state index contributed by atoms with van der Waals surface area (Å²) in [5.74, 6) is -2.88. The highest BCUT2D eigenvalue weighted by Crippen LogP contribution is 2.50. The van der Waals surface area contributed by atoms with Crippen LogP contribution in [0.4, 0.5) is 0 Å². The summed E-state index contributed by atoms with van der Waals surface area (Å²) in [4.78, 5) is 48.0. The Morgan fingerprint density at radius 1 is 0.880 bits per heavy atom. The van der Waals surface area contributed by atoms with Crippen molar-refractivity contribution in [3.8, 4) is 0 Å². The number of esters is 4. The van der Waals surface area contributed by atoms with Gasteiger partial charge < -0.3 is 33.5 Å². The first-order valence-electron chi connectivity index (χ1n) is 17.6. The third-order valence-corrected chi connectivity index (χ3v) is 9.38. The van der Waals surface area contributed by atoms with Crippen molar-refractivity contribution in [2.75, 3.05) is 21.3 Å². The van der Waals surface area contributed by atoms with E-state index in [4.69, 9.17) is 23.7 Å². The Labute approximate surface area is 297 Å². The molecular formula is C39H58O11. The molecule has 0 amide bonds. The van der Waals surface area contributed by atoms with Crippen LogP contribution in [0.1, 0.15) is 98.8 Å². The van der Waals surface area contributed by atoms with Crippen molar-refractivity contribution in [1.29, 1.82) is 0 Å². The number of hydrogen-bond donors (Lipinski definition) is 1. The van der Waals surface area contributed by atoms with Gasteiger partial charge in [-0.05, 0) is 57.1 Å². The molecule has 0 radical (unpaired) electrons. The Bertz CT molecular complexity index is 1290. The largest absolute Gasteiger partial charge is 0.469 e. The molecule has 7 unspecified atom stereocenters. The Morgan fingerprint density at radius 2 is 1.56 bits per heavy atom. The highest BCUT2D eigenvalue weighted by molar-refractivity contribution is 5.83. The van der Waals surface area contributed by atoms with Gasteiger partial charge in [0.2, 0.25) is 0 Å². The van der Waals surface area contributed by atoms with Gasteiger partial charge in [-0.15, -0.1) is 0 Å². The van der Waals surface area contributed by atoms with E-state index in [1.165, 1.54) is 33.5 Å². The minimum atomic E-state index is -0.881. The molecule has 2 heterocycles. The number of carbonyl (C=O) groups is 4. The second-order valence-corrected chi connectivity index (χ2v) is 13.4. The van der Waals surface area contributed by atoms with Crippen LogP contribution in [0, 0.1) is 11.8 Å². The predicted molar refractivity (Wildman–Crippen MR) is 188 cm³/mol. The minimum Gasteiger partial charge on any atom is -0.469 e. The molecule has 50 heavy (non-hydrogen) atoms. The molecular weight excluding hydrogens is 644 g/mol. The molecule has 0 saturated carbocycles. The number of aliphatic hydroxyl groups is 1. The maximum Gasteiger partial charge on any atom is 0.330 e. The van der Waals surface area contributed by atoms with Crippen LogP contribution in [0.5, 0.6) is 0 Å². The van der Waals surface area contributed by atoms with Gasteiger partial charge in [0, 0.05) is 30.9 Å². The molecule has 2 rings (SSSR count). The predicted octanol–water partition coefficient (Wildman–Crippen LogP) is 6.40. The topological polar surface area (TPSA) is 144 Å². The zero-order chi connectivity index (χ0) is 37.3. The van der Waals surface area contributed by atoms with E-state index in [9.17, 15) is 24.3 Å². The van der Waals surface area contributed by atoms with Crippen LogP contribution >= 0.6 is 0 Å². The quantitative estimate of drug-likeness (QED) is 0.0734. The van der Waals surface area contributed by atoms with E-state index in [2.05, 4.69) is 24.7 Å². The Morgan fingerprint density at radius 3 is 2.22 bits per heavy atom. The van der Waals surface area contributed by atoms with Gasteiger partial charge in [-0.25, -0.2) is 9.59 Å². The van der Waals surface area contributed by atoms with Gasteiger partial charge >= 0.3 is 23.9 Å². The standard InChI is InChI=1S/C39H58O11/c1-9-10-22-38(33(17-13-28(3)26-37(44)47-8)48-36(43)20-19-35(42)46-7)24-25-39(50-38)23-21-30(5)32(49-39)16-12-27(2)11-15-31(40)29(4)14-18-34(41)45-6/h11-15,17-18,26,29-33,40H,9-10,16,19-25H2,1-8H3/b15-11+,17-13+,18-14+,27-12+,28-26+. The second-order valence-electron chi connectivity index (χ2n) is 13.4. The zero-order valence-corrected chi connectivity index (χ0v) is 31.1. The Hall–Kier alpha value is -3.54. The molecule has 11 nitrogen and oxygen atoms in total. The van der Waals surface area contributed by atoms with Crippen molar-refractivity contribution in [2.45, 2.75) is 129 Å². The third kappa shape index (κ3) is 13.6. The van der Waals surface area contributed by atoms with E-state index in [1.54, 1.807) is 31.2 Å². The van der Waals surface area contributed by atoms with E-state index in [0.29, 0.717) is 37.7 Å². The molecule has 11 heteroatoms. The van der Waals surface area contributed by atoms with Crippen molar-refractivity contribution < 1.29 is 52.7 Å². The molecule has 2 fully saturated rings. The van der Waals surface area contributed by atoms with E-state index >= 15 is 0 Å². The molecule has 1 spiro atoms. The summed E-state index contributed by atoms with van der Waals surface area (Å²) in [5, 5.41) is 10.5. The summed E-state index contributed by atoms with van der Waals surface area (Å²) in [7, 11) is 3.88. The van der Waals surface area contributed by atoms with Crippen LogP contribution in [0.3, 0.4) is 0 Å². The van der Waals surface area contributed by atoms with Crippen LogP contribution in [0.15, 0.2) is 59.8 Å². The van der Waals surface area contributed by atoms with Crippen LogP contribution in [0.2, 0.25) is 0 Å². The van der Waals surface area contributed by atoms with Crippen molar-refractivity contribution in [1.82, 2.24) is 0 Å². The fourth-order valence-corrected chi connectivity index (χ4v) is 6.06. The SMILES string of the molecule is CCCCC1(C(/C=C/C(C)=C/C(=O)OC)OC(=O)CCC(=O)OC)CCC2(CCC(C)C(C/C=C(C)/C=C/C(O)C(C)/C=C/C(=O)OC)O2)O1. The summed E-state index contributed by atoms with van der Waals surface area (Å²) in [6, 6.07) is 0. The lowest BCUT2D eigenvalue weighted by atomic mass is 9.85. The summed E-state index contributed by atoms with van der Waals surface area (Å²) in [6.45, 7) is 9.79. The van der Waals surface area contributed by atoms with Gasteiger partial charge in [0.05, 0.1) is 46.4 Å². The van der Waals surface area contributed by atoms with Crippen molar-refractivity contribution >= 4 is 23.9 Å². The van der Waals surface area contributed by atoms with Crippen molar-refractivity contribution in [3.05, 3.63) is 59.8 Å². The molecule has 2 saturated heterocycles. The van der Waals surface area contributed by atoms with Gasteiger partial charge in [-0.1, -0.05) is 69.6 Å². The van der Waals surface area contributed by atoms with Gasteiger partial charge in [0.1, 0.15) is 11.7 Å². The number of methoxy groups -OCH3 is 3. The van der Waals surface area contributed by atoms with Gasteiger partial charge in [-0.3, -0.25) is 9.59 Å². The number of unbranched alkanes of at least 4 members (excludes halogenated alkanes) is 1. The van der Waals surface area contributed by atoms with E-state index in [-0.39, 0.29) is 30.8 Å². The smallest absolute Gasteiger partial charge is 0.330 e. The number of ether oxygens (including phenoxy) is 6. The first-order chi connectivity index (χ1) is 23.7. The normalized spacial score (nSPS) is 26.3. The monoisotopic (exact) mass is 702 g/mol. The fraction of sp³-hybridized carbons (Fsp3) is 0.641. The van der Waals surface area contributed by atoms with E-state index < -0.39 is 47.5 Å². The van der Waals surface area contributed by atoms with Crippen LogP contribution in [0.25, 0.3) is 0 Å². The van der Waals surface area contributed by atoms with Crippen molar-refractivity contribution in [3.63, 3.8) is 0 Å². The highest BCUT2D eigenvalue weighted by Gasteiger charge is 2.56. The van der Waals surface area contributed by atoms with Crippen LogP contribution < -0.4 is 0 Å². The number of hydrogen-bond acceptors (Lipinski definition) is 11. The molecule has 0 aromatic carbocycles. The molecule has 1 N–H and O–H groups in total. The average Bonchev–Trinajstić information content (AvgIpc) is 3.47. The lowest BCUT2D eigenvalue weighted by Gasteiger charge is -2.44. The number of allylic oxidation sites excluding steroid dienone is 4. The molecule has 0 bridgehead atoms. The van der Waals surface area contributed by atoms with E-state index in [0.717, 1.165) is 24.8 Å². The van der Waals surface area contributed by atoms with Gasteiger partial charge in [-0.2, -0.15) is 0 Å². The maximum absolute atomic E-state index is 13.0. The lowest BCUT2D eigenvalue weighted by molar-refractivity contribution is -0.308. The third-order valence-electron chi connectivity index (χ3n) is 9.38. The Kier molecular flexibility index (Phi) is 17.9. The second kappa shape index (κ2) is 21.0.